The number of hydrogen-bond acceptors (Lipinski definition) is 4. The molecule has 0 saturated heterocycles. The summed E-state index contributed by atoms with van der Waals surface area (Å²) < 4.78 is 5.27. The van der Waals surface area contributed by atoms with Crippen molar-refractivity contribution in [3.05, 3.63) is 21.9 Å². The van der Waals surface area contributed by atoms with Gasteiger partial charge in [-0.15, -0.1) is 11.3 Å². The van der Waals surface area contributed by atoms with Gasteiger partial charge in [-0.25, -0.2) is 0 Å². The average Bonchev–Trinajstić information content (AvgIpc) is 2.71. The Hall–Kier alpha value is -0.420. The van der Waals surface area contributed by atoms with Crippen LogP contribution in [-0.2, 0) is 17.7 Å². The highest BCUT2D eigenvalue weighted by molar-refractivity contribution is 7.10. The Morgan fingerprint density at radius 2 is 2.40 bits per heavy atom. The number of rotatable bonds is 5. The van der Waals surface area contributed by atoms with E-state index >= 15 is 0 Å². The summed E-state index contributed by atoms with van der Waals surface area (Å²) in [6.07, 6.45) is 1.17. The molecule has 1 aromatic heterocycles. The van der Waals surface area contributed by atoms with Gasteiger partial charge in [0, 0.05) is 24.5 Å². The molecule has 0 bridgehead atoms. The molecule has 0 spiro atoms. The van der Waals surface area contributed by atoms with Gasteiger partial charge in [0.15, 0.2) is 0 Å². The Balaban J connectivity index is 1.73. The van der Waals surface area contributed by atoms with E-state index in [1.807, 2.05) is 11.3 Å². The molecular weight excluding hydrogens is 210 g/mol. The van der Waals surface area contributed by atoms with E-state index in [0.29, 0.717) is 6.61 Å². The Kier molecular flexibility index (Phi) is 4.14. The van der Waals surface area contributed by atoms with Gasteiger partial charge in [0.2, 0.25) is 0 Å². The molecule has 4 heteroatoms. The normalized spacial score (nSPS) is 16.6. The molecule has 0 radical (unpaired) electrons. The van der Waals surface area contributed by atoms with E-state index in [1.54, 1.807) is 4.88 Å². The van der Waals surface area contributed by atoms with Crippen molar-refractivity contribution in [1.29, 1.82) is 0 Å². The van der Waals surface area contributed by atoms with E-state index < -0.39 is 0 Å². The van der Waals surface area contributed by atoms with Crippen LogP contribution < -0.4 is 0 Å². The molecule has 0 amide bonds. The van der Waals surface area contributed by atoms with Crippen molar-refractivity contribution in [2.45, 2.75) is 13.0 Å². The van der Waals surface area contributed by atoms with Gasteiger partial charge < -0.3 is 9.84 Å². The maximum Gasteiger partial charge on any atom is 0.0698 e. The molecule has 1 aromatic rings. The van der Waals surface area contributed by atoms with Gasteiger partial charge in [-0.1, -0.05) is 0 Å². The zero-order valence-electron chi connectivity index (χ0n) is 8.82. The summed E-state index contributed by atoms with van der Waals surface area (Å²) >= 11 is 1.87. The minimum atomic E-state index is 0.120. The summed E-state index contributed by atoms with van der Waals surface area (Å²) in [5, 5.41) is 10.7. The molecule has 1 aliphatic heterocycles. The van der Waals surface area contributed by atoms with Crippen molar-refractivity contribution in [3.8, 4) is 0 Å². The number of fused-ring (bicyclic) bond motifs is 1. The van der Waals surface area contributed by atoms with Crippen LogP contribution >= 0.6 is 11.3 Å². The minimum absolute atomic E-state index is 0.120. The summed E-state index contributed by atoms with van der Waals surface area (Å²) in [6.45, 7) is 4.46. The first kappa shape index (κ1) is 11.1. The van der Waals surface area contributed by atoms with Crippen LogP contribution in [0.2, 0.25) is 0 Å². The van der Waals surface area contributed by atoms with E-state index in [9.17, 15) is 0 Å². The highest BCUT2D eigenvalue weighted by atomic mass is 32.1. The lowest BCUT2D eigenvalue weighted by Gasteiger charge is -2.26. The second kappa shape index (κ2) is 5.61. The molecule has 0 fully saturated rings. The summed E-state index contributed by atoms with van der Waals surface area (Å²) in [4.78, 5) is 3.95. The van der Waals surface area contributed by atoms with Gasteiger partial charge in [0.25, 0.3) is 0 Å². The standard InChI is InChI=1S/C11H17NO2S/c13-5-7-14-6-4-12-3-1-11-10(9-12)2-8-15-11/h2,8,13H,1,3-7,9H2. The lowest BCUT2D eigenvalue weighted by Crippen LogP contribution is -2.32. The second-order valence-corrected chi connectivity index (χ2v) is 4.73. The average molecular weight is 227 g/mol. The Morgan fingerprint density at radius 3 is 3.27 bits per heavy atom. The summed E-state index contributed by atoms with van der Waals surface area (Å²) in [7, 11) is 0. The van der Waals surface area contributed by atoms with E-state index in [-0.39, 0.29) is 6.61 Å². The van der Waals surface area contributed by atoms with Crippen LogP contribution in [0.15, 0.2) is 11.4 Å². The number of ether oxygens (including phenoxy) is 1. The van der Waals surface area contributed by atoms with Crippen LogP contribution in [0, 0.1) is 0 Å². The molecule has 0 aromatic carbocycles. The number of hydrogen-bond donors (Lipinski definition) is 1. The fourth-order valence-electron chi connectivity index (χ4n) is 1.86. The molecule has 0 atom stereocenters. The summed E-state index contributed by atoms with van der Waals surface area (Å²) in [5.74, 6) is 0. The smallest absolute Gasteiger partial charge is 0.0698 e. The van der Waals surface area contributed by atoms with Crippen molar-refractivity contribution in [2.24, 2.45) is 0 Å². The van der Waals surface area contributed by atoms with E-state index in [2.05, 4.69) is 16.3 Å². The van der Waals surface area contributed by atoms with E-state index in [4.69, 9.17) is 9.84 Å². The monoisotopic (exact) mass is 227 g/mol. The van der Waals surface area contributed by atoms with Gasteiger partial charge in [0.05, 0.1) is 19.8 Å². The topological polar surface area (TPSA) is 32.7 Å². The van der Waals surface area contributed by atoms with E-state index in [0.717, 1.165) is 26.2 Å². The largest absolute Gasteiger partial charge is 0.394 e. The molecular formula is C11H17NO2S. The van der Waals surface area contributed by atoms with Crippen molar-refractivity contribution in [3.63, 3.8) is 0 Å². The quantitative estimate of drug-likeness (QED) is 0.765. The zero-order chi connectivity index (χ0) is 10.5. The number of aliphatic hydroxyl groups excluding tert-OH is 1. The summed E-state index contributed by atoms with van der Waals surface area (Å²) in [6, 6.07) is 2.22. The Labute approximate surface area is 94.3 Å². The third-order valence-corrected chi connectivity index (χ3v) is 3.70. The third-order valence-electron chi connectivity index (χ3n) is 2.67. The van der Waals surface area contributed by atoms with Crippen LogP contribution in [-0.4, -0.2) is 42.9 Å². The summed E-state index contributed by atoms with van der Waals surface area (Å²) in [5.41, 5.74) is 1.48. The van der Waals surface area contributed by atoms with E-state index in [1.165, 1.54) is 12.0 Å². The van der Waals surface area contributed by atoms with Gasteiger partial charge in [-0.3, -0.25) is 4.90 Å². The van der Waals surface area contributed by atoms with Gasteiger partial charge in [0.1, 0.15) is 0 Å². The Morgan fingerprint density at radius 1 is 1.47 bits per heavy atom. The molecule has 2 rings (SSSR count). The first-order chi connectivity index (χ1) is 7.40. The number of aliphatic hydroxyl groups is 1. The first-order valence-corrected chi connectivity index (χ1v) is 6.24. The molecule has 0 saturated carbocycles. The van der Waals surface area contributed by atoms with Gasteiger partial charge in [-0.05, 0) is 23.4 Å². The van der Waals surface area contributed by atoms with Crippen molar-refractivity contribution >= 4 is 11.3 Å². The number of thiophene rings is 1. The lowest BCUT2D eigenvalue weighted by atomic mass is 10.1. The highest BCUT2D eigenvalue weighted by Crippen LogP contribution is 2.23. The molecule has 1 aliphatic rings. The predicted molar refractivity (Wildman–Crippen MR) is 61.2 cm³/mol. The maximum absolute atomic E-state index is 8.57. The van der Waals surface area contributed by atoms with Crippen LogP contribution in [0.3, 0.4) is 0 Å². The molecule has 2 heterocycles. The van der Waals surface area contributed by atoms with Crippen LogP contribution in [0.4, 0.5) is 0 Å². The molecule has 0 unspecified atom stereocenters. The molecule has 15 heavy (non-hydrogen) atoms. The van der Waals surface area contributed by atoms with Crippen LogP contribution in [0.1, 0.15) is 10.4 Å². The molecule has 3 nitrogen and oxygen atoms in total. The van der Waals surface area contributed by atoms with Gasteiger partial charge >= 0.3 is 0 Å². The molecule has 0 aliphatic carbocycles. The first-order valence-electron chi connectivity index (χ1n) is 5.36. The number of nitrogens with zero attached hydrogens (tertiary/aromatic N) is 1. The lowest BCUT2D eigenvalue weighted by molar-refractivity contribution is 0.0710. The Bertz CT molecular complexity index is 301. The fourth-order valence-corrected chi connectivity index (χ4v) is 2.75. The highest BCUT2D eigenvalue weighted by Gasteiger charge is 2.16. The third kappa shape index (κ3) is 3.01. The van der Waals surface area contributed by atoms with Gasteiger partial charge in [-0.2, -0.15) is 0 Å². The van der Waals surface area contributed by atoms with Crippen molar-refractivity contribution in [2.75, 3.05) is 32.9 Å². The van der Waals surface area contributed by atoms with Crippen molar-refractivity contribution in [1.82, 2.24) is 4.90 Å². The fraction of sp³-hybridized carbons (Fsp3) is 0.636. The second-order valence-electron chi connectivity index (χ2n) is 3.73. The van der Waals surface area contributed by atoms with Crippen molar-refractivity contribution < 1.29 is 9.84 Å². The molecule has 1 N–H and O–H groups in total. The molecule has 84 valence electrons. The van der Waals surface area contributed by atoms with Crippen LogP contribution in [0.25, 0.3) is 0 Å². The zero-order valence-corrected chi connectivity index (χ0v) is 9.63. The predicted octanol–water partition coefficient (Wildman–Crippen LogP) is 1.12. The SMILES string of the molecule is OCCOCCN1CCc2sccc2C1. The maximum atomic E-state index is 8.57. The van der Waals surface area contributed by atoms with Crippen LogP contribution in [0.5, 0.6) is 0 Å². The minimum Gasteiger partial charge on any atom is -0.394 e.